The Morgan fingerprint density at radius 3 is 2.71 bits per heavy atom. The summed E-state index contributed by atoms with van der Waals surface area (Å²) in [5, 5.41) is 0. The summed E-state index contributed by atoms with van der Waals surface area (Å²) in [4.78, 5) is 18.7. The van der Waals surface area contributed by atoms with Gasteiger partial charge in [0.2, 0.25) is 0 Å². The minimum absolute atomic E-state index is 0.181. The molecule has 0 aliphatic carbocycles. The van der Waals surface area contributed by atoms with Crippen LogP contribution < -0.4 is 0 Å². The first kappa shape index (κ1) is 12.7. The van der Waals surface area contributed by atoms with Gasteiger partial charge < -0.3 is 4.90 Å². The van der Waals surface area contributed by atoms with Gasteiger partial charge in [0.05, 0.1) is 0 Å². The Hall–Kier alpha value is -0.740. The molecule has 1 aromatic rings. The average molecular weight is 297 g/mol. The monoisotopic (exact) mass is 296 g/mol. The van der Waals surface area contributed by atoms with Gasteiger partial charge in [-0.15, -0.1) is 0 Å². The van der Waals surface area contributed by atoms with Crippen LogP contribution in [-0.2, 0) is 0 Å². The Kier molecular flexibility index (Phi) is 4.29. The second kappa shape index (κ2) is 5.74. The van der Waals surface area contributed by atoms with Gasteiger partial charge >= 0.3 is 0 Å². The largest absolute Gasteiger partial charge is 0.304 e. The highest BCUT2D eigenvalue weighted by atomic mass is 79.9. The Balaban J connectivity index is 1.99. The summed E-state index contributed by atoms with van der Waals surface area (Å²) in [6.45, 7) is 5.33. The molecular weight excluding hydrogens is 280 g/mol. The smallest absolute Gasteiger partial charge is 0.167 e. The SMILES string of the molecule is CCN1CCC(C(=O)c2ccc(Br)nc2)CC1. The molecule has 2 rings (SSSR count). The minimum atomic E-state index is 0.181. The van der Waals surface area contributed by atoms with Gasteiger partial charge in [0.25, 0.3) is 0 Å². The number of hydrogen-bond donors (Lipinski definition) is 0. The number of rotatable bonds is 3. The lowest BCUT2D eigenvalue weighted by molar-refractivity contribution is 0.0844. The second-order valence-corrected chi connectivity index (χ2v) is 5.25. The van der Waals surface area contributed by atoms with E-state index >= 15 is 0 Å². The highest BCUT2D eigenvalue weighted by Crippen LogP contribution is 2.21. The van der Waals surface area contributed by atoms with Crippen molar-refractivity contribution in [3.63, 3.8) is 0 Å². The maximum Gasteiger partial charge on any atom is 0.167 e. The molecule has 0 saturated carbocycles. The van der Waals surface area contributed by atoms with Crippen LogP contribution in [0.1, 0.15) is 30.1 Å². The zero-order chi connectivity index (χ0) is 12.3. The molecule has 0 atom stereocenters. The standard InChI is InChI=1S/C13H17BrN2O/c1-2-16-7-5-10(6-8-16)13(17)11-3-4-12(14)15-9-11/h3-4,9-10H,2,5-8H2,1H3. The van der Waals surface area contributed by atoms with Gasteiger partial charge in [-0.1, -0.05) is 6.92 Å². The van der Waals surface area contributed by atoms with Crippen LogP contribution in [0.25, 0.3) is 0 Å². The lowest BCUT2D eigenvalue weighted by atomic mass is 9.89. The van der Waals surface area contributed by atoms with Crippen molar-refractivity contribution in [3.8, 4) is 0 Å². The number of nitrogens with zero attached hydrogens (tertiary/aromatic N) is 2. The van der Waals surface area contributed by atoms with Gasteiger partial charge in [0.1, 0.15) is 4.60 Å². The van der Waals surface area contributed by atoms with Crippen LogP contribution in [0.4, 0.5) is 0 Å². The molecule has 1 aliphatic heterocycles. The molecule has 0 radical (unpaired) electrons. The number of halogens is 1. The van der Waals surface area contributed by atoms with Gasteiger partial charge in [-0.3, -0.25) is 4.79 Å². The normalized spacial score (nSPS) is 18.2. The van der Waals surface area contributed by atoms with Gasteiger partial charge in [0, 0.05) is 17.7 Å². The molecule has 1 aliphatic rings. The Morgan fingerprint density at radius 2 is 2.18 bits per heavy atom. The molecule has 4 heteroatoms. The van der Waals surface area contributed by atoms with E-state index in [2.05, 4.69) is 32.7 Å². The summed E-state index contributed by atoms with van der Waals surface area (Å²) in [7, 11) is 0. The second-order valence-electron chi connectivity index (χ2n) is 4.44. The lowest BCUT2D eigenvalue weighted by Crippen LogP contribution is -2.36. The van der Waals surface area contributed by atoms with Crippen molar-refractivity contribution in [1.82, 2.24) is 9.88 Å². The zero-order valence-electron chi connectivity index (χ0n) is 10.0. The van der Waals surface area contributed by atoms with Crippen molar-refractivity contribution < 1.29 is 4.79 Å². The van der Waals surface area contributed by atoms with E-state index in [9.17, 15) is 4.79 Å². The molecule has 2 heterocycles. The van der Waals surface area contributed by atoms with E-state index in [0.717, 1.165) is 42.6 Å². The summed E-state index contributed by atoms with van der Waals surface area (Å²) in [6, 6.07) is 3.68. The third-order valence-corrected chi connectivity index (χ3v) is 3.89. The fraction of sp³-hybridized carbons (Fsp3) is 0.538. The first-order valence-electron chi connectivity index (χ1n) is 6.09. The minimum Gasteiger partial charge on any atom is -0.304 e. The van der Waals surface area contributed by atoms with Crippen molar-refractivity contribution in [2.24, 2.45) is 5.92 Å². The first-order valence-corrected chi connectivity index (χ1v) is 6.88. The van der Waals surface area contributed by atoms with E-state index in [0.29, 0.717) is 0 Å². The quantitative estimate of drug-likeness (QED) is 0.635. The van der Waals surface area contributed by atoms with Crippen molar-refractivity contribution in [3.05, 3.63) is 28.5 Å². The first-order chi connectivity index (χ1) is 8.20. The third kappa shape index (κ3) is 3.13. The molecule has 1 saturated heterocycles. The van der Waals surface area contributed by atoms with E-state index in [1.807, 2.05) is 12.1 Å². The number of pyridine rings is 1. The number of ketones is 1. The van der Waals surface area contributed by atoms with Gasteiger partial charge in [0.15, 0.2) is 5.78 Å². The number of aromatic nitrogens is 1. The Morgan fingerprint density at radius 1 is 1.47 bits per heavy atom. The Labute approximate surface area is 110 Å². The van der Waals surface area contributed by atoms with Gasteiger partial charge in [-0.05, 0) is 60.5 Å². The number of carbonyl (C=O) groups excluding carboxylic acids is 1. The highest BCUT2D eigenvalue weighted by molar-refractivity contribution is 9.10. The molecule has 92 valence electrons. The van der Waals surface area contributed by atoms with Crippen LogP contribution in [0.5, 0.6) is 0 Å². The van der Waals surface area contributed by atoms with E-state index in [-0.39, 0.29) is 11.7 Å². The number of carbonyl (C=O) groups is 1. The molecule has 0 N–H and O–H groups in total. The van der Waals surface area contributed by atoms with Crippen LogP contribution in [-0.4, -0.2) is 35.3 Å². The third-order valence-electron chi connectivity index (χ3n) is 3.42. The molecule has 0 unspecified atom stereocenters. The number of likely N-dealkylation sites (tertiary alicyclic amines) is 1. The van der Waals surface area contributed by atoms with Crippen molar-refractivity contribution >= 4 is 21.7 Å². The summed E-state index contributed by atoms with van der Waals surface area (Å²) in [5.41, 5.74) is 0.739. The molecule has 1 aromatic heterocycles. The molecule has 0 aromatic carbocycles. The fourth-order valence-corrected chi connectivity index (χ4v) is 2.50. The van der Waals surface area contributed by atoms with E-state index in [1.54, 1.807) is 6.20 Å². The highest BCUT2D eigenvalue weighted by Gasteiger charge is 2.25. The molecule has 0 amide bonds. The van der Waals surface area contributed by atoms with E-state index in [4.69, 9.17) is 0 Å². The topological polar surface area (TPSA) is 33.2 Å². The van der Waals surface area contributed by atoms with Crippen molar-refractivity contribution in [1.29, 1.82) is 0 Å². The number of piperidine rings is 1. The fourth-order valence-electron chi connectivity index (χ4n) is 2.27. The summed E-state index contributed by atoms with van der Waals surface area (Å²) in [5.74, 6) is 0.432. The van der Waals surface area contributed by atoms with Gasteiger partial charge in [-0.25, -0.2) is 4.98 Å². The molecule has 0 bridgehead atoms. The van der Waals surface area contributed by atoms with Crippen LogP contribution in [0.2, 0.25) is 0 Å². The number of Topliss-reactive ketones (excluding diaryl/α,β-unsaturated/α-hetero) is 1. The Bertz CT molecular complexity index is 383. The zero-order valence-corrected chi connectivity index (χ0v) is 11.6. The molecule has 3 nitrogen and oxygen atoms in total. The molecule has 1 fully saturated rings. The molecular formula is C13H17BrN2O. The van der Waals surface area contributed by atoms with E-state index in [1.165, 1.54) is 0 Å². The van der Waals surface area contributed by atoms with Crippen LogP contribution in [0, 0.1) is 5.92 Å². The molecule has 17 heavy (non-hydrogen) atoms. The van der Waals surface area contributed by atoms with Gasteiger partial charge in [-0.2, -0.15) is 0 Å². The maximum absolute atomic E-state index is 12.2. The predicted octanol–water partition coefficient (Wildman–Crippen LogP) is 2.76. The van der Waals surface area contributed by atoms with Crippen molar-refractivity contribution in [2.75, 3.05) is 19.6 Å². The summed E-state index contributed by atoms with van der Waals surface area (Å²) < 4.78 is 0.773. The van der Waals surface area contributed by atoms with Crippen LogP contribution >= 0.6 is 15.9 Å². The van der Waals surface area contributed by atoms with Crippen molar-refractivity contribution in [2.45, 2.75) is 19.8 Å². The summed E-state index contributed by atoms with van der Waals surface area (Å²) >= 11 is 3.28. The average Bonchev–Trinajstić information content (AvgIpc) is 2.39. The van der Waals surface area contributed by atoms with Crippen LogP contribution in [0.3, 0.4) is 0 Å². The van der Waals surface area contributed by atoms with E-state index < -0.39 is 0 Å². The number of hydrogen-bond acceptors (Lipinski definition) is 3. The predicted molar refractivity (Wildman–Crippen MR) is 71.1 cm³/mol. The maximum atomic E-state index is 12.2. The summed E-state index contributed by atoms with van der Waals surface area (Å²) in [6.07, 6.45) is 3.62. The lowest BCUT2D eigenvalue weighted by Gasteiger charge is -2.30. The van der Waals surface area contributed by atoms with Crippen LogP contribution in [0.15, 0.2) is 22.9 Å². The molecule has 0 spiro atoms.